The molecule has 2 unspecified atom stereocenters. The molecule has 4 nitrogen and oxygen atoms in total. The molecule has 0 aromatic heterocycles. The molecule has 1 saturated heterocycles. The van der Waals surface area contributed by atoms with Gasteiger partial charge >= 0.3 is 5.97 Å². The maximum atomic E-state index is 10.8. The van der Waals surface area contributed by atoms with Gasteiger partial charge in [-0.1, -0.05) is 12.8 Å². The van der Waals surface area contributed by atoms with E-state index in [2.05, 4.69) is 10.2 Å². The quantitative estimate of drug-likeness (QED) is 0.713. The van der Waals surface area contributed by atoms with E-state index in [-0.39, 0.29) is 6.42 Å². The zero-order valence-electron chi connectivity index (χ0n) is 12.4. The highest BCUT2D eigenvalue weighted by molar-refractivity contribution is 5.66. The first-order valence-electron chi connectivity index (χ1n) is 8.36. The molecular weight excluding hydrogens is 252 g/mol. The van der Waals surface area contributed by atoms with Crippen LogP contribution in [0, 0.1) is 17.8 Å². The van der Waals surface area contributed by atoms with E-state index in [4.69, 9.17) is 5.11 Å². The molecule has 20 heavy (non-hydrogen) atoms. The molecule has 2 aliphatic carbocycles. The van der Waals surface area contributed by atoms with Crippen LogP contribution in [0.2, 0.25) is 0 Å². The first kappa shape index (κ1) is 14.3. The normalized spacial score (nSPS) is 31.4. The number of hydrogen-bond acceptors (Lipinski definition) is 3. The maximum Gasteiger partial charge on any atom is 0.304 e. The molecule has 114 valence electrons. The first-order chi connectivity index (χ1) is 9.69. The smallest absolute Gasteiger partial charge is 0.304 e. The van der Waals surface area contributed by atoms with Crippen molar-refractivity contribution in [1.82, 2.24) is 10.2 Å². The fourth-order valence-electron chi connectivity index (χ4n) is 3.54. The summed E-state index contributed by atoms with van der Waals surface area (Å²) in [6, 6.07) is 0.585. The van der Waals surface area contributed by atoms with E-state index in [0.717, 1.165) is 37.4 Å². The van der Waals surface area contributed by atoms with Crippen LogP contribution in [0.25, 0.3) is 0 Å². The van der Waals surface area contributed by atoms with Gasteiger partial charge < -0.3 is 15.3 Å². The fraction of sp³-hybridized carbons (Fsp3) is 0.938. The second kappa shape index (κ2) is 6.44. The van der Waals surface area contributed by atoms with Gasteiger partial charge in [-0.2, -0.15) is 0 Å². The molecule has 3 rings (SSSR count). The minimum atomic E-state index is -0.670. The van der Waals surface area contributed by atoms with E-state index < -0.39 is 5.97 Å². The molecule has 2 saturated carbocycles. The van der Waals surface area contributed by atoms with Crippen molar-refractivity contribution in [2.24, 2.45) is 17.8 Å². The SMILES string of the molecule is O=C(O)CCN1CC(CC2CC2)CC(NCC2CC2)C1. The second-order valence-corrected chi connectivity index (χ2v) is 7.23. The van der Waals surface area contributed by atoms with E-state index in [9.17, 15) is 4.79 Å². The summed E-state index contributed by atoms with van der Waals surface area (Å²) in [5, 5.41) is 12.6. The Bertz CT molecular complexity index is 339. The van der Waals surface area contributed by atoms with Gasteiger partial charge in [0.05, 0.1) is 6.42 Å². The van der Waals surface area contributed by atoms with Crippen LogP contribution in [-0.2, 0) is 4.79 Å². The summed E-state index contributed by atoms with van der Waals surface area (Å²) in [7, 11) is 0. The lowest BCUT2D eigenvalue weighted by Gasteiger charge is -2.38. The van der Waals surface area contributed by atoms with Crippen molar-refractivity contribution in [3.8, 4) is 0 Å². The Hall–Kier alpha value is -0.610. The topological polar surface area (TPSA) is 52.6 Å². The van der Waals surface area contributed by atoms with Gasteiger partial charge in [0.15, 0.2) is 0 Å². The van der Waals surface area contributed by atoms with E-state index >= 15 is 0 Å². The Balaban J connectivity index is 1.47. The van der Waals surface area contributed by atoms with E-state index in [1.807, 2.05) is 0 Å². The summed E-state index contributed by atoms with van der Waals surface area (Å²) in [6.45, 7) is 4.05. The molecule has 1 heterocycles. The van der Waals surface area contributed by atoms with Crippen molar-refractivity contribution in [2.75, 3.05) is 26.2 Å². The zero-order chi connectivity index (χ0) is 13.9. The Morgan fingerprint density at radius 3 is 2.50 bits per heavy atom. The predicted molar refractivity (Wildman–Crippen MR) is 78.7 cm³/mol. The number of rotatable bonds is 8. The van der Waals surface area contributed by atoms with Gasteiger partial charge in [-0.15, -0.1) is 0 Å². The number of carboxylic acid groups (broad SMARTS) is 1. The van der Waals surface area contributed by atoms with Crippen molar-refractivity contribution in [3.05, 3.63) is 0 Å². The Morgan fingerprint density at radius 2 is 1.85 bits per heavy atom. The number of likely N-dealkylation sites (tertiary alicyclic amines) is 1. The Morgan fingerprint density at radius 1 is 1.10 bits per heavy atom. The van der Waals surface area contributed by atoms with Crippen LogP contribution >= 0.6 is 0 Å². The van der Waals surface area contributed by atoms with Gasteiger partial charge in [0.1, 0.15) is 0 Å². The largest absolute Gasteiger partial charge is 0.481 e. The summed E-state index contributed by atoms with van der Waals surface area (Å²) in [6.07, 6.45) is 8.59. The molecule has 0 aromatic rings. The highest BCUT2D eigenvalue weighted by Gasteiger charge is 2.32. The number of aliphatic carboxylic acids is 1. The highest BCUT2D eigenvalue weighted by Crippen LogP contribution is 2.38. The lowest BCUT2D eigenvalue weighted by Crippen LogP contribution is -2.50. The van der Waals surface area contributed by atoms with Gasteiger partial charge in [-0.25, -0.2) is 0 Å². The van der Waals surface area contributed by atoms with Crippen LogP contribution in [0.1, 0.15) is 44.9 Å². The minimum absolute atomic E-state index is 0.283. The molecule has 4 heteroatoms. The van der Waals surface area contributed by atoms with Gasteiger partial charge in [0.2, 0.25) is 0 Å². The predicted octanol–water partition coefficient (Wildman–Crippen LogP) is 1.95. The number of carboxylic acids is 1. The van der Waals surface area contributed by atoms with Crippen LogP contribution in [-0.4, -0.2) is 48.2 Å². The number of piperidine rings is 1. The van der Waals surface area contributed by atoms with Crippen molar-refractivity contribution in [1.29, 1.82) is 0 Å². The summed E-state index contributed by atoms with van der Waals surface area (Å²) in [5.74, 6) is 2.01. The van der Waals surface area contributed by atoms with Gasteiger partial charge in [0.25, 0.3) is 0 Å². The summed E-state index contributed by atoms with van der Waals surface area (Å²) < 4.78 is 0. The third-order valence-corrected chi connectivity index (χ3v) is 5.01. The molecule has 3 fully saturated rings. The standard InChI is InChI=1S/C16H28N2O2/c19-16(20)5-6-18-10-14(7-12-1-2-12)8-15(11-18)17-9-13-3-4-13/h12-15,17H,1-11H2,(H,19,20). The molecule has 0 radical (unpaired) electrons. The average Bonchev–Trinajstić information content (AvgIpc) is 3.28. The molecule has 0 bridgehead atoms. The summed E-state index contributed by atoms with van der Waals surface area (Å²) in [5.41, 5.74) is 0. The molecule has 0 aromatic carbocycles. The zero-order valence-corrected chi connectivity index (χ0v) is 12.4. The van der Waals surface area contributed by atoms with E-state index in [1.165, 1.54) is 45.1 Å². The van der Waals surface area contributed by atoms with E-state index in [0.29, 0.717) is 6.04 Å². The van der Waals surface area contributed by atoms with Gasteiger partial charge in [-0.3, -0.25) is 4.79 Å². The van der Waals surface area contributed by atoms with Crippen LogP contribution in [0.4, 0.5) is 0 Å². The van der Waals surface area contributed by atoms with Gasteiger partial charge in [-0.05, 0) is 50.0 Å². The summed E-state index contributed by atoms with van der Waals surface area (Å²) in [4.78, 5) is 13.2. The number of carbonyl (C=O) groups is 1. The van der Waals surface area contributed by atoms with Crippen molar-refractivity contribution < 1.29 is 9.90 Å². The highest BCUT2D eigenvalue weighted by atomic mass is 16.4. The lowest BCUT2D eigenvalue weighted by atomic mass is 9.89. The second-order valence-electron chi connectivity index (χ2n) is 7.23. The van der Waals surface area contributed by atoms with Crippen molar-refractivity contribution in [3.63, 3.8) is 0 Å². The van der Waals surface area contributed by atoms with Gasteiger partial charge in [0, 0.05) is 25.7 Å². The van der Waals surface area contributed by atoms with Crippen LogP contribution in [0.5, 0.6) is 0 Å². The van der Waals surface area contributed by atoms with Crippen LogP contribution in [0.3, 0.4) is 0 Å². The lowest BCUT2D eigenvalue weighted by molar-refractivity contribution is -0.137. The third-order valence-electron chi connectivity index (χ3n) is 5.01. The van der Waals surface area contributed by atoms with Crippen LogP contribution in [0.15, 0.2) is 0 Å². The van der Waals surface area contributed by atoms with Crippen molar-refractivity contribution in [2.45, 2.75) is 51.0 Å². The number of nitrogens with one attached hydrogen (secondary N) is 1. The molecular formula is C16H28N2O2. The average molecular weight is 280 g/mol. The third kappa shape index (κ3) is 4.74. The van der Waals surface area contributed by atoms with Crippen LogP contribution < -0.4 is 5.32 Å². The fourth-order valence-corrected chi connectivity index (χ4v) is 3.54. The molecule has 0 amide bonds. The first-order valence-corrected chi connectivity index (χ1v) is 8.36. The Kier molecular flexibility index (Phi) is 4.61. The number of hydrogen-bond donors (Lipinski definition) is 2. The molecule has 0 spiro atoms. The summed E-state index contributed by atoms with van der Waals surface area (Å²) >= 11 is 0. The number of nitrogens with zero attached hydrogens (tertiary/aromatic N) is 1. The minimum Gasteiger partial charge on any atom is -0.481 e. The molecule has 1 aliphatic heterocycles. The molecule has 2 atom stereocenters. The van der Waals surface area contributed by atoms with E-state index in [1.54, 1.807) is 0 Å². The monoisotopic (exact) mass is 280 g/mol. The molecule has 3 aliphatic rings. The maximum absolute atomic E-state index is 10.8. The molecule has 2 N–H and O–H groups in total. The Labute approximate surface area is 121 Å². The van der Waals surface area contributed by atoms with Crippen molar-refractivity contribution >= 4 is 5.97 Å².